The van der Waals surface area contributed by atoms with E-state index in [2.05, 4.69) is 99.4 Å². The minimum absolute atomic E-state index is 0.0641. The second-order valence-corrected chi connectivity index (χ2v) is 17.6. The third-order valence-electron chi connectivity index (χ3n) is 8.75. The van der Waals surface area contributed by atoms with Crippen molar-refractivity contribution in [3.8, 4) is 11.5 Å². The highest BCUT2D eigenvalue weighted by Gasteiger charge is 2.51. The topological polar surface area (TPSA) is 56.8 Å². The number of amides is 1. The molecule has 0 saturated heterocycles. The predicted octanol–water partition coefficient (Wildman–Crippen LogP) is 8.76. The number of carbonyl (C=O) groups is 1. The summed E-state index contributed by atoms with van der Waals surface area (Å²) in [7, 11) is -1.08. The molecular formula is C40H51NO4Si. The molecule has 0 fully saturated rings. The molecule has 2 atom stereocenters. The van der Waals surface area contributed by atoms with E-state index in [1.165, 1.54) is 10.4 Å². The number of allylic oxidation sites excluding steroid dienone is 3. The molecule has 2 unspecified atom stereocenters. The first-order valence-electron chi connectivity index (χ1n) is 16.5. The summed E-state index contributed by atoms with van der Waals surface area (Å²) in [6.45, 7) is 15.1. The highest BCUT2D eigenvalue weighted by molar-refractivity contribution is 6.99. The lowest BCUT2D eigenvalue weighted by Gasteiger charge is -2.45. The first kappa shape index (κ1) is 35.0. The first-order chi connectivity index (χ1) is 22.0. The number of methoxy groups -OCH3 is 1. The normalized spacial score (nSPS) is 20.6. The smallest absolute Gasteiger partial charge is 0.261 e. The quantitative estimate of drug-likeness (QED) is 0.217. The van der Waals surface area contributed by atoms with Gasteiger partial charge >= 0.3 is 0 Å². The molecule has 1 aliphatic heterocycles. The van der Waals surface area contributed by atoms with Crippen LogP contribution in [0.4, 0.5) is 5.69 Å². The van der Waals surface area contributed by atoms with E-state index in [0.717, 1.165) is 44.1 Å². The van der Waals surface area contributed by atoms with Crippen LogP contribution in [-0.4, -0.2) is 33.5 Å². The lowest BCUT2D eigenvalue weighted by atomic mass is 10.0. The van der Waals surface area contributed by atoms with Gasteiger partial charge in [-0.05, 0) is 79.1 Å². The monoisotopic (exact) mass is 637 g/mol. The molecule has 0 bridgehead atoms. The van der Waals surface area contributed by atoms with Gasteiger partial charge in [0.2, 0.25) is 0 Å². The fourth-order valence-electron chi connectivity index (χ4n) is 6.18. The summed E-state index contributed by atoms with van der Waals surface area (Å²) in [5.41, 5.74) is 2.16. The van der Waals surface area contributed by atoms with Gasteiger partial charge in [0, 0.05) is 17.7 Å². The van der Waals surface area contributed by atoms with Crippen LogP contribution in [0.1, 0.15) is 73.1 Å². The average Bonchev–Trinajstić information content (AvgIpc) is 3.04. The fourth-order valence-corrected chi connectivity index (χ4v) is 10.9. The molecule has 46 heavy (non-hydrogen) atoms. The number of carbonyl (C=O) groups excluding carboxylic acids is 1. The van der Waals surface area contributed by atoms with Gasteiger partial charge in [-0.15, -0.1) is 0 Å². The zero-order valence-electron chi connectivity index (χ0n) is 28.5. The molecule has 4 rings (SSSR count). The minimum Gasteiger partial charge on any atom is -0.497 e. The molecule has 1 heterocycles. The third-order valence-corrected chi connectivity index (χ3v) is 13.8. The van der Waals surface area contributed by atoms with E-state index in [4.69, 9.17) is 13.9 Å². The van der Waals surface area contributed by atoms with Crippen LogP contribution in [0.25, 0.3) is 0 Å². The molecule has 0 saturated carbocycles. The van der Waals surface area contributed by atoms with Gasteiger partial charge in [0.05, 0.1) is 12.8 Å². The molecule has 1 N–H and O–H groups in total. The number of hydrogen-bond donors (Lipinski definition) is 1. The van der Waals surface area contributed by atoms with E-state index in [1.54, 1.807) is 7.11 Å². The maximum absolute atomic E-state index is 13.1. The summed E-state index contributed by atoms with van der Waals surface area (Å²) in [4.78, 5) is 13.1. The number of fused-ring (bicyclic) bond motifs is 1. The van der Waals surface area contributed by atoms with E-state index in [-0.39, 0.29) is 23.2 Å². The van der Waals surface area contributed by atoms with E-state index < -0.39 is 8.32 Å². The molecule has 0 aromatic heterocycles. The van der Waals surface area contributed by atoms with Crippen LogP contribution in [0.2, 0.25) is 5.04 Å². The maximum atomic E-state index is 13.1. The lowest BCUT2D eigenvalue weighted by molar-refractivity contribution is -0.112. The highest BCUT2D eigenvalue weighted by Crippen LogP contribution is 2.39. The fraction of sp³-hybridized carbons (Fsp3) is 0.375. The van der Waals surface area contributed by atoms with Gasteiger partial charge in [-0.2, -0.15) is 0 Å². The van der Waals surface area contributed by atoms with Crippen molar-refractivity contribution in [3.05, 3.63) is 115 Å². The first-order valence-corrected chi connectivity index (χ1v) is 18.4. The Hall–Kier alpha value is -3.87. The van der Waals surface area contributed by atoms with Gasteiger partial charge in [-0.3, -0.25) is 4.79 Å². The van der Waals surface area contributed by atoms with Gasteiger partial charge in [-0.25, -0.2) is 0 Å². The van der Waals surface area contributed by atoms with Crippen LogP contribution in [-0.2, 0) is 9.22 Å². The molecular weight excluding hydrogens is 587 g/mol. The Morgan fingerprint density at radius 1 is 0.935 bits per heavy atom. The standard InChI is InChI=1S/C40H51NO4Si/c1-30(2)37-26-18-17-21-32(45-46(40(4,5)6,34-22-13-9-14-23-34)35-24-15-10-16-25-35)20-12-8-11-19-31(3)39(42)41-36-28-27-33(43-7)29-38(36)44-37/h8-11,13-16,19,22-25,27-29,32,37H,1,12,17-18,20-21,26H2,2-7H3,(H,41,42)/b11-8+,31-19+. The Kier molecular flexibility index (Phi) is 12.2. The number of benzene rings is 3. The van der Waals surface area contributed by atoms with Crippen molar-refractivity contribution in [3.63, 3.8) is 0 Å². The minimum atomic E-state index is -2.71. The Labute approximate surface area is 277 Å². The summed E-state index contributed by atoms with van der Waals surface area (Å²) in [5, 5.41) is 5.52. The number of anilines is 1. The summed E-state index contributed by atoms with van der Waals surface area (Å²) in [6.07, 6.45) is 11.3. The number of nitrogens with one attached hydrogen (secondary N) is 1. The largest absolute Gasteiger partial charge is 0.497 e. The van der Waals surface area contributed by atoms with Gasteiger partial charge in [-0.1, -0.05) is 113 Å². The summed E-state index contributed by atoms with van der Waals surface area (Å²) in [6, 6.07) is 27.2. The summed E-state index contributed by atoms with van der Waals surface area (Å²) >= 11 is 0. The Morgan fingerprint density at radius 2 is 1.57 bits per heavy atom. The molecule has 3 aromatic carbocycles. The van der Waals surface area contributed by atoms with Crippen LogP contribution in [0.15, 0.2) is 115 Å². The lowest BCUT2D eigenvalue weighted by Crippen LogP contribution is -2.67. The van der Waals surface area contributed by atoms with E-state index in [1.807, 2.05) is 44.2 Å². The zero-order valence-corrected chi connectivity index (χ0v) is 29.5. The molecule has 5 nitrogen and oxygen atoms in total. The SMILES string of the molecule is C=C(C)C1CCCCC(O[Si](c2ccccc2)(c2ccccc2)C(C)(C)C)CC/C=C/C=C(\C)C(=O)Nc2ccc(OC)cc2O1. The van der Waals surface area contributed by atoms with Crippen molar-refractivity contribution in [2.24, 2.45) is 0 Å². The van der Waals surface area contributed by atoms with Crippen molar-refractivity contribution < 1.29 is 18.7 Å². The second-order valence-electron chi connectivity index (χ2n) is 13.3. The third kappa shape index (κ3) is 8.68. The van der Waals surface area contributed by atoms with Crippen LogP contribution >= 0.6 is 0 Å². The van der Waals surface area contributed by atoms with Gasteiger partial charge in [0.25, 0.3) is 14.2 Å². The van der Waals surface area contributed by atoms with Gasteiger partial charge < -0.3 is 19.2 Å². The van der Waals surface area contributed by atoms with Crippen LogP contribution in [0.3, 0.4) is 0 Å². The number of ether oxygens (including phenoxy) is 2. The maximum Gasteiger partial charge on any atom is 0.261 e. The molecule has 0 spiro atoms. The summed E-state index contributed by atoms with van der Waals surface area (Å²) < 4.78 is 19.6. The van der Waals surface area contributed by atoms with Crippen LogP contribution in [0, 0.1) is 0 Å². The Bertz CT molecular complexity index is 1470. The predicted molar refractivity (Wildman–Crippen MR) is 194 cm³/mol. The number of rotatable bonds is 6. The molecule has 0 radical (unpaired) electrons. The summed E-state index contributed by atoms with van der Waals surface area (Å²) in [5.74, 6) is 1.06. The van der Waals surface area contributed by atoms with Crippen molar-refractivity contribution in [1.82, 2.24) is 0 Å². The molecule has 0 aliphatic carbocycles. The zero-order chi connectivity index (χ0) is 33.2. The molecule has 6 heteroatoms. The van der Waals surface area contributed by atoms with Gasteiger partial charge in [0.15, 0.2) is 0 Å². The van der Waals surface area contributed by atoms with Crippen LogP contribution in [0.5, 0.6) is 11.5 Å². The van der Waals surface area contributed by atoms with E-state index in [0.29, 0.717) is 22.8 Å². The number of hydrogen-bond acceptors (Lipinski definition) is 4. The van der Waals surface area contributed by atoms with Crippen molar-refractivity contribution >= 4 is 30.3 Å². The van der Waals surface area contributed by atoms with E-state index in [9.17, 15) is 4.79 Å². The van der Waals surface area contributed by atoms with Crippen molar-refractivity contribution in [2.75, 3.05) is 12.4 Å². The molecule has 244 valence electrons. The Morgan fingerprint density at radius 3 is 2.15 bits per heavy atom. The highest BCUT2D eigenvalue weighted by atomic mass is 28.4. The van der Waals surface area contributed by atoms with Crippen molar-refractivity contribution in [1.29, 1.82) is 0 Å². The van der Waals surface area contributed by atoms with Gasteiger partial charge in [0.1, 0.15) is 17.6 Å². The Balaban J connectivity index is 1.68. The van der Waals surface area contributed by atoms with Crippen LogP contribution < -0.4 is 25.2 Å². The molecule has 3 aromatic rings. The molecule has 1 aliphatic rings. The van der Waals surface area contributed by atoms with Crippen molar-refractivity contribution in [2.45, 2.75) is 90.4 Å². The average molecular weight is 638 g/mol. The molecule has 1 amide bonds. The van der Waals surface area contributed by atoms with E-state index >= 15 is 0 Å². The second kappa shape index (κ2) is 16.1.